The van der Waals surface area contributed by atoms with E-state index in [0.29, 0.717) is 17.5 Å². The number of ether oxygens (including phenoxy) is 1. The second-order valence-corrected chi connectivity index (χ2v) is 4.16. The number of para-hydroxylation sites is 1. The lowest BCUT2D eigenvalue weighted by Crippen LogP contribution is -1.96. The largest absolute Gasteiger partial charge is 0.402 e. The molecule has 0 N–H and O–H groups in total. The summed E-state index contributed by atoms with van der Waals surface area (Å²) in [6.07, 6.45) is 4.61. The molecule has 3 aromatic rings. The highest BCUT2D eigenvalue weighted by atomic mass is 35.5. The molecule has 0 amide bonds. The topological polar surface area (TPSA) is 65.7 Å². The normalized spacial score (nSPS) is 10.4. The Balaban J connectivity index is 1.77. The van der Waals surface area contributed by atoms with Gasteiger partial charge < -0.3 is 4.74 Å². The summed E-state index contributed by atoms with van der Waals surface area (Å²) in [6.45, 7) is 0. The zero-order valence-electron chi connectivity index (χ0n) is 10.3. The van der Waals surface area contributed by atoms with E-state index in [0.717, 1.165) is 5.69 Å². The molecule has 0 fully saturated rings. The maximum Gasteiger partial charge on any atom is 0.342 e. The fraction of sp³-hybridized carbons (Fsp3) is 0.0769. The van der Waals surface area contributed by atoms with Crippen molar-refractivity contribution in [1.29, 1.82) is 0 Å². The zero-order chi connectivity index (χ0) is 13.8. The van der Waals surface area contributed by atoms with Crippen LogP contribution in [0.25, 0.3) is 5.69 Å². The van der Waals surface area contributed by atoms with Gasteiger partial charge in [0.05, 0.1) is 29.7 Å². The molecule has 0 aliphatic heterocycles. The quantitative estimate of drug-likeness (QED) is 0.690. The predicted octanol–water partition coefficient (Wildman–Crippen LogP) is 2.59. The number of nitrogens with zero attached hydrogens (tertiary/aromatic N) is 5. The summed E-state index contributed by atoms with van der Waals surface area (Å²) in [5.41, 5.74) is 1.58. The van der Waals surface area contributed by atoms with Crippen LogP contribution in [0.4, 0.5) is 0 Å². The van der Waals surface area contributed by atoms with Gasteiger partial charge in [-0.25, -0.2) is 9.67 Å². The first-order chi connectivity index (χ1) is 9.85. The van der Waals surface area contributed by atoms with Crippen molar-refractivity contribution >= 4 is 11.6 Å². The molecule has 0 unspecified atom stereocenters. The molecule has 0 saturated heterocycles. The summed E-state index contributed by atoms with van der Waals surface area (Å²) in [5.74, 6) is 0.637. The van der Waals surface area contributed by atoms with Gasteiger partial charge in [-0.05, 0) is 12.1 Å². The van der Waals surface area contributed by atoms with Crippen LogP contribution >= 0.6 is 11.6 Å². The minimum Gasteiger partial charge on any atom is -0.402 e. The van der Waals surface area contributed by atoms with Crippen LogP contribution in [0, 0.1) is 0 Å². The van der Waals surface area contributed by atoms with Crippen LogP contribution in [0.5, 0.6) is 11.9 Å². The van der Waals surface area contributed by atoms with E-state index < -0.39 is 0 Å². The van der Waals surface area contributed by atoms with E-state index in [1.807, 2.05) is 30.3 Å². The molecule has 2 heterocycles. The molecule has 0 aliphatic carbocycles. The lowest BCUT2D eigenvalue weighted by atomic mass is 10.3. The molecule has 0 bridgehead atoms. The van der Waals surface area contributed by atoms with Crippen molar-refractivity contribution in [3.63, 3.8) is 0 Å². The van der Waals surface area contributed by atoms with E-state index in [4.69, 9.17) is 16.3 Å². The lowest BCUT2D eigenvalue weighted by molar-refractivity contribution is 0.422. The molecule has 0 aliphatic rings. The first-order valence-electron chi connectivity index (χ1n) is 5.87. The number of benzene rings is 1. The number of halogens is 1. The van der Waals surface area contributed by atoms with Gasteiger partial charge in [0, 0.05) is 0 Å². The Hall–Kier alpha value is -2.47. The van der Waals surface area contributed by atoms with Gasteiger partial charge in [0.25, 0.3) is 0 Å². The van der Waals surface area contributed by atoms with E-state index in [2.05, 4.69) is 20.1 Å². The molecular formula is C13H10ClN5O. The van der Waals surface area contributed by atoms with Crippen molar-refractivity contribution in [2.24, 2.45) is 0 Å². The van der Waals surface area contributed by atoms with Crippen LogP contribution in [-0.2, 0) is 5.88 Å². The van der Waals surface area contributed by atoms with Crippen molar-refractivity contribution in [2.45, 2.75) is 5.88 Å². The number of hydrogen-bond acceptors (Lipinski definition) is 5. The third kappa shape index (κ3) is 2.75. The first kappa shape index (κ1) is 12.6. The molecular weight excluding hydrogens is 278 g/mol. The van der Waals surface area contributed by atoms with E-state index in [1.54, 1.807) is 17.2 Å². The average molecular weight is 288 g/mol. The SMILES string of the molecule is ClCc1cnc(Oc2ncn(-c3ccccc3)n2)cn1. The molecule has 0 atom stereocenters. The molecule has 0 saturated carbocycles. The van der Waals surface area contributed by atoms with Crippen molar-refractivity contribution in [2.75, 3.05) is 0 Å². The first-order valence-corrected chi connectivity index (χ1v) is 6.40. The molecule has 3 rings (SSSR count). The standard InChI is InChI=1S/C13H10ClN5O/c14-6-10-7-16-12(8-15-10)20-13-17-9-19(18-13)11-4-2-1-3-5-11/h1-5,7-9H,6H2. The summed E-state index contributed by atoms with van der Waals surface area (Å²) in [7, 11) is 0. The van der Waals surface area contributed by atoms with Crippen LogP contribution in [0.1, 0.15) is 5.69 Å². The number of aromatic nitrogens is 5. The summed E-state index contributed by atoms with van der Waals surface area (Å²) < 4.78 is 7.04. The second-order valence-electron chi connectivity index (χ2n) is 3.89. The van der Waals surface area contributed by atoms with Gasteiger partial charge in [-0.15, -0.1) is 16.7 Å². The minimum absolute atomic E-state index is 0.210. The van der Waals surface area contributed by atoms with Gasteiger partial charge >= 0.3 is 6.01 Å². The summed E-state index contributed by atoms with van der Waals surface area (Å²) in [6, 6.07) is 9.84. The van der Waals surface area contributed by atoms with Gasteiger partial charge in [0.1, 0.15) is 6.33 Å². The van der Waals surface area contributed by atoms with Gasteiger partial charge in [-0.2, -0.15) is 4.98 Å². The van der Waals surface area contributed by atoms with Gasteiger partial charge in [-0.1, -0.05) is 18.2 Å². The van der Waals surface area contributed by atoms with Crippen molar-refractivity contribution in [3.8, 4) is 17.6 Å². The second kappa shape index (κ2) is 5.66. The molecule has 7 heteroatoms. The van der Waals surface area contributed by atoms with Crippen molar-refractivity contribution in [3.05, 3.63) is 54.7 Å². The van der Waals surface area contributed by atoms with Crippen LogP contribution in [-0.4, -0.2) is 24.7 Å². The molecule has 0 spiro atoms. The highest BCUT2D eigenvalue weighted by molar-refractivity contribution is 6.16. The molecule has 20 heavy (non-hydrogen) atoms. The Bertz CT molecular complexity index is 683. The van der Waals surface area contributed by atoms with Gasteiger partial charge in [0.2, 0.25) is 5.88 Å². The molecule has 0 radical (unpaired) electrons. The summed E-state index contributed by atoms with van der Waals surface area (Å²) >= 11 is 5.64. The maximum atomic E-state index is 5.64. The monoisotopic (exact) mass is 287 g/mol. The third-order valence-electron chi connectivity index (χ3n) is 2.51. The Labute approximate surface area is 120 Å². The van der Waals surface area contributed by atoms with E-state index in [-0.39, 0.29) is 6.01 Å². The number of rotatable bonds is 4. The molecule has 1 aromatic carbocycles. The maximum absolute atomic E-state index is 5.64. The van der Waals surface area contributed by atoms with E-state index in [9.17, 15) is 0 Å². The minimum atomic E-state index is 0.210. The predicted molar refractivity (Wildman–Crippen MR) is 73.0 cm³/mol. The summed E-state index contributed by atoms with van der Waals surface area (Å²) in [4.78, 5) is 12.2. The van der Waals surface area contributed by atoms with Crippen LogP contribution in [0.2, 0.25) is 0 Å². The fourth-order valence-electron chi connectivity index (χ4n) is 1.56. The highest BCUT2D eigenvalue weighted by Crippen LogP contribution is 2.15. The third-order valence-corrected chi connectivity index (χ3v) is 2.78. The Kier molecular flexibility index (Phi) is 3.56. The average Bonchev–Trinajstić information content (AvgIpc) is 2.97. The molecule has 6 nitrogen and oxygen atoms in total. The lowest BCUT2D eigenvalue weighted by Gasteiger charge is -2.00. The van der Waals surface area contributed by atoms with Crippen LogP contribution in [0.3, 0.4) is 0 Å². The smallest absolute Gasteiger partial charge is 0.342 e. The Morgan fingerprint density at radius 3 is 2.60 bits per heavy atom. The van der Waals surface area contributed by atoms with Gasteiger partial charge in [0.15, 0.2) is 0 Å². The van der Waals surface area contributed by atoms with E-state index >= 15 is 0 Å². The number of alkyl halides is 1. The fourth-order valence-corrected chi connectivity index (χ4v) is 1.70. The zero-order valence-corrected chi connectivity index (χ0v) is 11.1. The summed E-state index contributed by atoms with van der Waals surface area (Å²) in [5, 5.41) is 4.21. The van der Waals surface area contributed by atoms with Crippen molar-refractivity contribution in [1.82, 2.24) is 24.7 Å². The Morgan fingerprint density at radius 1 is 1.05 bits per heavy atom. The number of hydrogen-bond donors (Lipinski definition) is 0. The van der Waals surface area contributed by atoms with Crippen LogP contribution in [0.15, 0.2) is 49.1 Å². The molecule has 100 valence electrons. The van der Waals surface area contributed by atoms with Crippen molar-refractivity contribution < 1.29 is 4.74 Å². The van der Waals surface area contributed by atoms with Gasteiger partial charge in [-0.3, -0.25) is 4.98 Å². The Morgan fingerprint density at radius 2 is 1.90 bits per heavy atom. The highest BCUT2D eigenvalue weighted by Gasteiger charge is 2.06. The molecule has 2 aromatic heterocycles. The van der Waals surface area contributed by atoms with Crippen LogP contribution < -0.4 is 4.74 Å². The van der Waals surface area contributed by atoms with E-state index in [1.165, 1.54) is 6.20 Å².